The third-order valence-corrected chi connectivity index (χ3v) is 4.67. The number of nitrogens with zero attached hydrogens (tertiary/aromatic N) is 1. The monoisotopic (exact) mass is 347 g/mol. The normalized spacial score (nSPS) is 11.6. The van der Waals surface area contributed by atoms with E-state index in [0.717, 1.165) is 28.9 Å². The zero-order valence-corrected chi connectivity index (χ0v) is 15.8. The Balaban J connectivity index is 1.96. The molecule has 1 aromatic heterocycles. The maximum atomic E-state index is 5.86. The van der Waals surface area contributed by atoms with Crippen LogP contribution in [-0.4, -0.2) is 13.7 Å². The van der Waals surface area contributed by atoms with Gasteiger partial charge >= 0.3 is 0 Å². The van der Waals surface area contributed by atoms with Crippen molar-refractivity contribution < 1.29 is 9.30 Å². The molecular weight excluding hydrogens is 320 g/mol. The van der Waals surface area contributed by atoms with Crippen molar-refractivity contribution in [3.63, 3.8) is 0 Å². The Bertz CT molecular complexity index is 911. The van der Waals surface area contributed by atoms with Gasteiger partial charge in [0.05, 0.1) is 19.0 Å². The molecule has 0 fully saturated rings. The van der Waals surface area contributed by atoms with Gasteiger partial charge in [-0.15, -0.1) is 0 Å². The largest absolute Gasteiger partial charge is 0.497 e. The molecule has 1 heterocycles. The Morgan fingerprint density at radius 2 is 1.77 bits per heavy atom. The number of methoxy groups -OCH3 is 1. The first-order valence-electron chi connectivity index (χ1n) is 9.11. The molecule has 3 rings (SSSR count). The Morgan fingerprint density at radius 1 is 1.00 bits per heavy atom. The van der Waals surface area contributed by atoms with E-state index in [0.29, 0.717) is 12.5 Å². The number of nitrogens with two attached hydrogens (primary N) is 1. The van der Waals surface area contributed by atoms with Crippen molar-refractivity contribution >= 4 is 23.1 Å². The third kappa shape index (κ3) is 3.94. The SMILES string of the molecule is COc1ccc2c(ccc(/C=C/c3ccc(C(C)C)cc3)[n+]2CCN)c1. The van der Waals surface area contributed by atoms with Crippen LogP contribution in [0.15, 0.2) is 54.6 Å². The highest BCUT2D eigenvalue weighted by atomic mass is 16.5. The number of rotatable bonds is 6. The number of fused-ring (bicyclic) bond motifs is 1. The van der Waals surface area contributed by atoms with Crippen LogP contribution in [0.5, 0.6) is 5.75 Å². The average molecular weight is 347 g/mol. The first-order chi connectivity index (χ1) is 12.6. The van der Waals surface area contributed by atoms with E-state index in [-0.39, 0.29) is 0 Å². The minimum absolute atomic E-state index is 0.553. The summed E-state index contributed by atoms with van der Waals surface area (Å²) < 4.78 is 7.59. The summed E-state index contributed by atoms with van der Waals surface area (Å²) in [6.07, 6.45) is 4.31. The summed E-state index contributed by atoms with van der Waals surface area (Å²) in [6.45, 7) is 5.80. The van der Waals surface area contributed by atoms with Gasteiger partial charge in [0, 0.05) is 18.2 Å². The fourth-order valence-corrected chi connectivity index (χ4v) is 3.14. The van der Waals surface area contributed by atoms with Crippen molar-refractivity contribution in [3.8, 4) is 5.75 Å². The van der Waals surface area contributed by atoms with Crippen LogP contribution in [-0.2, 0) is 6.54 Å². The van der Waals surface area contributed by atoms with Crippen LogP contribution in [0.4, 0.5) is 0 Å². The summed E-state index contributed by atoms with van der Waals surface area (Å²) in [6, 6.07) is 19.2. The fraction of sp³-hybridized carbons (Fsp3) is 0.261. The summed E-state index contributed by atoms with van der Waals surface area (Å²) in [4.78, 5) is 0. The maximum absolute atomic E-state index is 5.86. The average Bonchev–Trinajstić information content (AvgIpc) is 2.67. The number of benzene rings is 2. The van der Waals surface area contributed by atoms with E-state index >= 15 is 0 Å². The molecule has 3 aromatic rings. The number of hydrogen-bond donors (Lipinski definition) is 1. The van der Waals surface area contributed by atoms with E-state index in [1.54, 1.807) is 7.11 Å². The highest BCUT2D eigenvalue weighted by Crippen LogP contribution is 2.20. The summed E-state index contributed by atoms with van der Waals surface area (Å²) in [5, 5.41) is 1.15. The number of pyridine rings is 1. The summed E-state index contributed by atoms with van der Waals surface area (Å²) in [7, 11) is 1.69. The predicted molar refractivity (Wildman–Crippen MR) is 109 cm³/mol. The van der Waals surface area contributed by atoms with Gasteiger partial charge in [-0.05, 0) is 41.3 Å². The first kappa shape index (κ1) is 18.2. The summed E-state index contributed by atoms with van der Waals surface area (Å²) >= 11 is 0. The molecule has 0 aliphatic heterocycles. The standard InChI is InChI=1S/C23H27N2O/c1-17(2)19-7-4-18(5-8-19)6-10-21-11-9-20-16-22(26-3)12-13-23(20)25(21)15-14-24/h4-13,16-17H,14-15,24H2,1-3H3/q+1/b10-6+. The Hall–Kier alpha value is -2.65. The Labute approximate surface area is 155 Å². The van der Waals surface area contributed by atoms with Crippen molar-refractivity contribution in [2.24, 2.45) is 5.73 Å². The molecule has 0 aliphatic rings. The zero-order chi connectivity index (χ0) is 18.5. The van der Waals surface area contributed by atoms with Gasteiger partial charge in [-0.2, -0.15) is 4.57 Å². The topological polar surface area (TPSA) is 39.1 Å². The molecule has 2 aromatic carbocycles. The fourth-order valence-electron chi connectivity index (χ4n) is 3.14. The predicted octanol–water partition coefficient (Wildman–Crippen LogP) is 4.39. The van der Waals surface area contributed by atoms with Gasteiger partial charge in [-0.1, -0.05) is 38.1 Å². The van der Waals surface area contributed by atoms with Crippen molar-refractivity contribution in [3.05, 3.63) is 71.4 Å². The van der Waals surface area contributed by atoms with E-state index in [1.807, 2.05) is 6.07 Å². The molecule has 0 amide bonds. The van der Waals surface area contributed by atoms with Gasteiger partial charge in [0.1, 0.15) is 5.75 Å². The minimum Gasteiger partial charge on any atom is -0.497 e. The van der Waals surface area contributed by atoms with E-state index in [9.17, 15) is 0 Å². The molecular formula is C23H27N2O+. The van der Waals surface area contributed by atoms with E-state index in [4.69, 9.17) is 10.5 Å². The number of ether oxygens (including phenoxy) is 1. The van der Waals surface area contributed by atoms with Crippen molar-refractivity contribution in [2.75, 3.05) is 13.7 Å². The molecule has 0 atom stereocenters. The summed E-state index contributed by atoms with van der Waals surface area (Å²) in [5.41, 5.74) is 10.7. The molecule has 0 radical (unpaired) electrons. The number of aromatic nitrogens is 1. The molecule has 0 unspecified atom stereocenters. The molecule has 0 aliphatic carbocycles. The van der Waals surface area contributed by atoms with Gasteiger partial charge in [0.25, 0.3) is 0 Å². The minimum atomic E-state index is 0.553. The molecule has 0 saturated carbocycles. The van der Waals surface area contributed by atoms with Crippen LogP contribution in [0.3, 0.4) is 0 Å². The van der Waals surface area contributed by atoms with Crippen molar-refractivity contribution in [2.45, 2.75) is 26.3 Å². The van der Waals surface area contributed by atoms with Crippen LogP contribution in [0.2, 0.25) is 0 Å². The molecule has 0 bridgehead atoms. The van der Waals surface area contributed by atoms with Crippen LogP contribution in [0, 0.1) is 0 Å². The molecule has 134 valence electrons. The van der Waals surface area contributed by atoms with Gasteiger partial charge in [-0.3, -0.25) is 0 Å². The molecule has 0 saturated heterocycles. The second-order valence-corrected chi connectivity index (χ2v) is 6.78. The second-order valence-electron chi connectivity index (χ2n) is 6.78. The van der Waals surface area contributed by atoms with Gasteiger partial charge in [0.2, 0.25) is 11.2 Å². The van der Waals surface area contributed by atoms with Gasteiger partial charge in [0.15, 0.2) is 6.54 Å². The quantitative estimate of drug-likeness (QED) is 0.672. The van der Waals surface area contributed by atoms with Gasteiger partial charge in [-0.25, -0.2) is 0 Å². The van der Waals surface area contributed by atoms with Crippen LogP contribution in [0.1, 0.15) is 36.6 Å². The third-order valence-electron chi connectivity index (χ3n) is 4.67. The lowest BCUT2D eigenvalue weighted by atomic mass is 10.0. The van der Waals surface area contributed by atoms with Crippen molar-refractivity contribution in [1.29, 1.82) is 0 Å². The zero-order valence-electron chi connectivity index (χ0n) is 15.8. The highest BCUT2D eigenvalue weighted by Gasteiger charge is 2.13. The Kier molecular flexibility index (Phi) is 5.69. The molecule has 26 heavy (non-hydrogen) atoms. The van der Waals surface area contributed by atoms with E-state index in [2.05, 4.69) is 79.1 Å². The smallest absolute Gasteiger partial charge is 0.213 e. The molecule has 0 spiro atoms. The first-order valence-corrected chi connectivity index (χ1v) is 9.11. The van der Waals surface area contributed by atoms with Crippen LogP contribution >= 0.6 is 0 Å². The van der Waals surface area contributed by atoms with Gasteiger partial charge < -0.3 is 10.5 Å². The van der Waals surface area contributed by atoms with Crippen LogP contribution in [0.25, 0.3) is 23.1 Å². The summed E-state index contributed by atoms with van der Waals surface area (Å²) in [5.74, 6) is 1.42. The lowest BCUT2D eigenvalue weighted by Gasteiger charge is -2.06. The molecule has 2 N–H and O–H groups in total. The molecule has 3 heteroatoms. The second kappa shape index (κ2) is 8.15. The molecule has 3 nitrogen and oxygen atoms in total. The number of hydrogen-bond acceptors (Lipinski definition) is 2. The van der Waals surface area contributed by atoms with Crippen molar-refractivity contribution in [1.82, 2.24) is 0 Å². The van der Waals surface area contributed by atoms with E-state index < -0.39 is 0 Å². The lowest BCUT2D eigenvalue weighted by molar-refractivity contribution is -0.670. The maximum Gasteiger partial charge on any atom is 0.213 e. The van der Waals surface area contributed by atoms with Crippen LogP contribution < -0.4 is 15.0 Å². The van der Waals surface area contributed by atoms with E-state index in [1.165, 1.54) is 11.1 Å². The highest BCUT2D eigenvalue weighted by molar-refractivity contribution is 5.79. The lowest BCUT2D eigenvalue weighted by Crippen LogP contribution is -2.41. The Morgan fingerprint density at radius 3 is 2.42 bits per heavy atom.